The number of benzene rings is 2. The van der Waals surface area contributed by atoms with Crippen molar-refractivity contribution in [3.63, 3.8) is 0 Å². The first-order valence-electron chi connectivity index (χ1n) is 12.1. The summed E-state index contributed by atoms with van der Waals surface area (Å²) >= 11 is 0. The van der Waals surface area contributed by atoms with Gasteiger partial charge in [0.2, 0.25) is 5.95 Å². The lowest BCUT2D eigenvalue weighted by Crippen LogP contribution is -2.39. The molecule has 0 saturated heterocycles. The summed E-state index contributed by atoms with van der Waals surface area (Å²) in [5.41, 5.74) is 4.84. The minimum absolute atomic E-state index is 0.110. The molecule has 37 heavy (non-hydrogen) atoms. The number of halogens is 1. The Labute approximate surface area is 212 Å². The number of amides is 1. The van der Waals surface area contributed by atoms with E-state index in [1.54, 1.807) is 15.8 Å². The van der Waals surface area contributed by atoms with Gasteiger partial charge in [0, 0.05) is 40.8 Å². The van der Waals surface area contributed by atoms with Crippen LogP contribution in [0.4, 0.5) is 20.8 Å². The van der Waals surface area contributed by atoms with Crippen LogP contribution in [0.3, 0.4) is 0 Å². The molecule has 5 aromatic rings. The largest absolute Gasteiger partial charge is 0.444 e. The Morgan fingerprint density at radius 1 is 1.16 bits per heavy atom. The van der Waals surface area contributed by atoms with Gasteiger partial charge in [-0.1, -0.05) is 12.1 Å². The predicted octanol–water partition coefficient (Wildman–Crippen LogP) is 5.47. The van der Waals surface area contributed by atoms with E-state index in [1.807, 2.05) is 63.2 Å². The quantitative estimate of drug-likeness (QED) is 0.341. The SMILES string of the molecule is CC(C)(C)OC(=O)N1CCc2[nH]c3ccc(Nc4ncc(F)c(-n5cnc6ccccc65)n4)cc3c2C1. The zero-order chi connectivity index (χ0) is 25.7. The van der Waals surface area contributed by atoms with Crippen LogP contribution in [0.15, 0.2) is 55.0 Å². The van der Waals surface area contributed by atoms with Crippen LogP contribution in [0.5, 0.6) is 0 Å². The molecule has 2 N–H and O–H groups in total. The van der Waals surface area contributed by atoms with Gasteiger partial charge in [0.15, 0.2) is 11.6 Å². The van der Waals surface area contributed by atoms with Gasteiger partial charge in [0.05, 0.1) is 23.8 Å². The zero-order valence-electron chi connectivity index (χ0n) is 20.7. The number of nitrogens with one attached hydrogen (secondary N) is 2. The number of para-hydroxylation sites is 2. The molecule has 6 rings (SSSR count). The molecule has 3 aromatic heterocycles. The van der Waals surface area contributed by atoms with E-state index < -0.39 is 11.4 Å². The van der Waals surface area contributed by atoms with Gasteiger partial charge < -0.3 is 19.9 Å². The Morgan fingerprint density at radius 3 is 2.84 bits per heavy atom. The Bertz CT molecular complexity index is 1650. The van der Waals surface area contributed by atoms with Crippen LogP contribution in [0.25, 0.3) is 27.8 Å². The van der Waals surface area contributed by atoms with Crippen molar-refractivity contribution in [2.24, 2.45) is 0 Å². The first kappa shape index (κ1) is 23.0. The monoisotopic (exact) mass is 499 g/mol. The van der Waals surface area contributed by atoms with Crippen LogP contribution in [-0.2, 0) is 17.7 Å². The number of anilines is 2. The van der Waals surface area contributed by atoms with E-state index in [-0.39, 0.29) is 17.9 Å². The molecule has 0 aliphatic carbocycles. The third-order valence-corrected chi connectivity index (χ3v) is 6.29. The second-order valence-electron chi connectivity index (χ2n) is 10.1. The molecule has 0 atom stereocenters. The second kappa shape index (κ2) is 8.58. The topological polar surface area (TPSA) is 101 Å². The minimum atomic E-state index is -0.550. The zero-order valence-corrected chi connectivity index (χ0v) is 20.7. The number of aromatic amines is 1. The van der Waals surface area contributed by atoms with Gasteiger partial charge in [0.1, 0.15) is 11.9 Å². The highest BCUT2D eigenvalue weighted by atomic mass is 19.1. The van der Waals surface area contributed by atoms with E-state index in [0.717, 1.165) is 51.5 Å². The molecule has 0 fully saturated rings. The number of hydrogen-bond acceptors (Lipinski definition) is 6. The summed E-state index contributed by atoms with van der Waals surface area (Å²) < 4.78 is 21.9. The average molecular weight is 500 g/mol. The Hall–Kier alpha value is -4.47. The molecule has 0 spiro atoms. The molecular weight excluding hydrogens is 473 g/mol. The van der Waals surface area contributed by atoms with Gasteiger partial charge in [-0.15, -0.1) is 0 Å². The smallest absolute Gasteiger partial charge is 0.410 e. The molecule has 0 radical (unpaired) electrons. The molecule has 1 aliphatic heterocycles. The minimum Gasteiger partial charge on any atom is -0.444 e. The highest BCUT2D eigenvalue weighted by molar-refractivity contribution is 5.89. The summed E-state index contributed by atoms with van der Waals surface area (Å²) in [6.07, 6.45) is 3.10. The lowest BCUT2D eigenvalue weighted by atomic mass is 10.0. The van der Waals surface area contributed by atoms with Crippen molar-refractivity contribution < 1.29 is 13.9 Å². The first-order valence-corrected chi connectivity index (χ1v) is 12.1. The maximum atomic E-state index is 14.7. The number of carbonyl (C=O) groups excluding carboxylic acids is 1. The van der Waals surface area contributed by atoms with Crippen molar-refractivity contribution in [2.45, 2.75) is 39.3 Å². The molecule has 4 heterocycles. The maximum absolute atomic E-state index is 14.7. The van der Waals surface area contributed by atoms with Gasteiger partial charge in [-0.05, 0) is 51.1 Å². The van der Waals surface area contributed by atoms with Crippen LogP contribution in [0.1, 0.15) is 32.0 Å². The summed E-state index contributed by atoms with van der Waals surface area (Å²) in [4.78, 5) is 30.8. The molecule has 188 valence electrons. The highest BCUT2D eigenvalue weighted by Gasteiger charge is 2.28. The van der Waals surface area contributed by atoms with Crippen molar-refractivity contribution in [3.05, 3.63) is 72.1 Å². The number of H-pyrrole nitrogens is 1. The summed E-state index contributed by atoms with van der Waals surface area (Å²) in [6.45, 7) is 6.64. The van der Waals surface area contributed by atoms with Crippen molar-refractivity contribution in [2.75, 3.05) is 11.9 Å². The lowest BCUT2D eigenvalue weighted by Gasteiger charge is -2.30. The fourth-order valence-electron chi connectivity index (χ4n) is 4.62. The van der Waals surface area contributed by atoms with Gasteiger partial charge in [-0.2, -0.15) is 4.98 Å². The Balaban J connectivity index is 1.29. The van der Waals surface area contributed by atoms with Crippen LogP contribution in [0.2, 0.25) is 0 Å². The molecule has 1 amide bonds. The molecule has 1 aliphatic rings. The van der Waals surface area contributed by atoms with Crippen molar-refractivity contribution in [1.29, 1.82) is 0 Å². The Morgan fingerprint density at radius 2 is 2.00 bits per heavy atom. The van der Waals surface area contributed by atoms with Crippen molar-refractivity contribution >= 4 is 39.7 Å². The fraction of sp³-hybridized carbons (Fsp3) is 0.259. The molecular formula is C27H26FN7O2. The summed E-state index contributed by atoms with van der Waals surface area (Å²) in [6, 6.07) is 13.3. The molecule has 2 aromatic carbocycles. The third kappa shape index (κ3) is 4.35. The van der Waals surface area contributed by atoms with Gasteiger partial charge in [0.25, 0.3) is 0 Å². The van der Waals surface area contributed by atoms with Crippen LogP contribution in [-0.4, -0.2) is 47.6 Å². The number of carbonyl (C=O) groups is 1. The van der Waals surface area contributed by atoms with Crippen LogP contribution < -0.4 is 5.32 Å². The average Bonchev–Trinajstić information content (AvgIpc) is 3.45. The number of rotatable bonds is 3. The number of aromatic nitrogens is 5. The Kier molecular flexibility index (Phi) is 5.32. The molecule has 0 bridgehead atoms. The normalized spacial score (nSPS) is 13.7. The van der Waals surface area contributed by atoms with Crippen molar-refractivity contribution in [3.8, 4) is 5.82 Å². The first-order chi connectivity index (χ1) is 17.7. The number of nitrogens with zero attached hydrogens (tertiary/aromatic N) is 5. The molecule has 10 heteroatoms. The molecule has 9 nitrogen and oxygen atoms in total. The van der Waals surface area contributed by atoms with Gasteiger partial charge >= 0.3 is 6.09 Å². The van der Waals surface area contributed by atoms with Crippen LogP contribution >= 0.6 is 0 Å². The fourth-order valence-corrected chi connectivity index (χ4v) is 4.62. The van der Waals surface area contributed by atoms with E-state index in [2.05, 4.69) is 25.3 Å². The maximum Gasteiger partial charge on any atom is 0.410 e. The molecule has 0 unspecified atom stereocenters. The summed E-state index contributed by atoms with van der Waals surface area (Å²) in [5, 5.41) is 4.19. The number of hydrogen-bond donors (Lipinski definition) is 2. The van der Waals surface area contributed by atoms with E-state index in [4.69, 9.17) is 4.74 Å². The standard InChI is InChI=1S/C27H26FN7O2/c1-27(2,3)37-26(36)34-11-10-21-18(14-34)17-12-16(8-9-20(17)32-21)31-25-29-13-19(28)24(33-25)35-15-30-22-6-4-5-7-23(22)35/h4-9,12-13,15,32H,10-11,14H2,1-3H3,(H,29,31,33). The number of ether oxygens (including phenoxy) is 1. The lowest BCUT2D eigenvalue weighted by molar-refractivity contribution is 0.0224. The highest BCUT2D eigenvalue weighted by Crippen LogP contribution is 2.31. The number of imidazole rings is 1. The van der Waals surface area contributed by atoms with Gasteiger partial charge in [-0.25, -0.2) is 19.2 Å². The molecule has 0 saturated carbocycles. The van der Waals surface area contributed by atoms with E-state index in [9.17, 15) is 9.18 Å². The van der Waals surface area contributed by atoms with Crippen molar-refractivity contribution in [1.82, 2.24) is 29.4 Å². The summed E-state index contributed by atoms with van der Waals surface area (Å²) in [7, 11) is 0. The van der Waals surface area contributed by atoms with Gasteiger partial charge in [-0.3, -0.25) is 4.57 Å². The second-order valence-corrected chi connectivity index (χ2v) is 10.1. The van der Waals surface area contributed by atoms with Crippen LogP contribution in [0, 0.1) is 5.82 Å². The van der Waals surface area contributed by atoms with E-state index in [1.165, 1.54) is 0 Å². The predicted molar refractivity (Wildman–Crippen MR) is 139 cm³/mol. The number of fused-ring (bicyclic) bond motifs is 4. The third-order valence-electron chi connectivity index (χ3n) is 6.29. The van der Waals surface area contributed by atoms with E-state index in [0.29, 0.717) is 13.1 Å². The summed E-state index contributed by atoms with van der Waals surface area (Å²) in [5.74, 6) is -0.182. The van der Waals surface area contributed by atoms with E-state index >= 15 is 0 Å².